The van der Waals surface area contributed by atoms with Gasteiger partial charge in [0, 0.05) is 4.90 Å². The molecule has 2 aromatic rings. The number of nitrogens with one attached hydrogen (secondary N) is 1. The first kappa shape index (κ1) is 16.3. The maximum absolute atomic E-state index is 14.6. The lowest BCUT2D eigenvalue weighted by molar-refractivity contribution is 0.586. The molecule has 0 spiro atoms. The predicted molar refractivity (Wildman–Crippen MR) is 92.1 cm³/mol. The zero-order valence-corrected chi connectivity index (χ0v) is 14.2. The maximum Gasteiger partial charge on any atom is 0.261 e. The Kier molecular flexibility index (Phi) is 4.64. The third-order valence-corrected chi connectivity index (χ3v) is 6.08. The van der Waals surface area contributed by atoms with Gasteiger partial charge in [-0.15, -0.1) is 12.6 Å². The average molecular weight is 351 g/mol. The lowest BCUT2D eigenvalue weighted by Crippen LogP contribution is -2.14. The molecular weight excluding hydrogens is 333 g/mol. The first-order chi connectivity index (χ1) is 11.0. The molecule has 0 amide bonds. The van der Waals surface area contributed by atoms with Crippen molar-refractivity contribution in [3.63, 3.8) is 0 Å². The molecule has 122 valence electrons. The minimum atomic E-state index is -3.81. The lowest BCUT2D eigenvalue weighted by atomic mass is 9.97. The Morgan fingerprint density at radius 2 is 1.70 bits per heavy atom. The molecule has 23 heavy (non-hydrogen) atoms. The number of sulfonamides is 1. The van der Waals surface area contributed by atoms with E-state index in [-0.39, 0.29) is 15.5 Å². The number of anilines is 1. The van der Waals surface area contributed by atoms with Gasteiger partial charge < -0.3 is 0 Å². The van der Waals surface area contributed by atoms with Gasteiger partial charge in [-0.2, -0.15) is 0 Å². The van der Waals surface area contributed by atoms with E-state index in [0.29, 0.717) is 5.92 Å². The normalized spacial score (nSPS) is 15.7. The average Bonchev–Trinajstić information content (AvgIpc) is 3.07. The van der Waals surface area contributed by atoms with Crippen molar-refractivity contribution in [2.45, 2.75) is 41.4 Å². The van der Waals surface area contributed by atoms with E-state index >= 15 is 0 Å². The Labute approximate surface area is 141 Å². The summed E-state index contributed by atoms with van der Waals surface area (Å²) < 4.78 is 41.5. The Hall–Kier alpha value is -1.53. The van der Waals surface area contributed by atoms with Crippen LogP contribution >= 0.6 is 12.6 Å². The standard InChI is InChI=1S/C17H18FNO2S2/c18-16-15(19-23(20,21)13-8-2-1-3-9-13)11-10-14(17(16)22)12-6-4-5-7-12/h1-3,8-12,19,22H,4-7H2. The number of hydrogen-bond acceptors (Lipinski definition) is 3. The molecule has 3 rings (SSSR count). The molecule has 1 aliphatic carbocycles. The van der Waals surface area contributed by atoms with Gasteiger partial charge in [-0.25, -0.2) is 12.8 Å². The fourth-order valence-corrected chi connectivity index (χ4v) is 4.49. The maximum atomic E-state index is 14.6. The van der Waals surface area contributed by atoms with Gasteiger partial charge in [0.1, 0.15) is 0 Å². The zero-order valence-electron chi connectivity index (χ0n) is 12.5. The van der Waals surface area contributed by atoms with Gasteiger partial charge in [0.15, 0.2) is 5.82 Å². The second kappa shape index (κ2) is 6.53. The molecule has 6 heteroatoms. The molecule has 1 aliphatic rings. The molecule has 0 unspecified atom stereocenters. The summed E-state index contributed by atoms with van der Waals surface area (Å²) in [5, 5.41) is 0. The van der Waals surface area contributed by atoms with Crippen LogP contribution in [-0.4, -0.2) is 8.42 Å². The van der Waals surface area contributed by atoms with E-state index in [0.717, 1.165) is 31.2 Å². The summed E-state index contributed by atoms with van der Waals surface area (Å²) in [7, 11) is -3.81. The number of rotatable bonds is 4. The molecule has 1 fully saturated rings. The molecule has 3 nitrogen and oxygen atoms in total. The topological polar surface area (TPSA) is 46.2 Å². The van der Waals surface area contributed by atoms with E-state index < -0.39 is 15.8 Å². The zero-order chi connectivity index (χ0) is 16.4. The van der Waals surface area contributed by atoms with Crippen molar-refractivity contribution in [2.24, 2.45) is 0 Å². The van der Waals surface area contributed by atoms with Crippen LogP contribution in [0.15, 0.2) is 52.3 Å². The van der Waals surface area contributed by atoms with Crippen molar-refractivity contribution in [3.05, 3.63) is 53.8 Å². The van der Waals surface area contributed by atoms with Crippen LogP contribution < -0.4 is 4.72 Å². The molecule has 0 heterocycles. The monoisotopic (exact) mass is 351 g/mol. The molecule has 0 saturated heterocycles. The Bertz CT molecular complexity index is 801. The lowest BCUT2D eigenvalue weighted by Gasteiger charge is -2.16. The summed E-state index contributed by atoms with van der Waals surface area (Å²) in [6.07, 6.45) is 4.34. The number of thiol groups is 1. The molecule has 1 N–H and O–H groups in total. The Morgan fingerprint density at radius 3 is 2.35 bits per heavy atom. The summed E-state index contributed by atoms with van der Waals surface area (Å²) in [5.41, 5.74) is 0.798. The quantitative estimate of drug-likeness (QED) is 0.793. The summed E-state index contributed by atoms with van der Waals surface area (Å²) >= 11 is 4.28. The fraction of sp³-hybridized carbons (Fsp3) is 0.294. The number of benzene rings is 2. The number of halogens is 1. The van der Waals surface area contributed by atoms with E-state index in [2.05, 4.69) is 17.4 Å². The van der Waals surface area contributed by atoms with Gasteiger partial charge in [-0.3, -0.25) is 4.72 Å². The van der Waals surface area contributed by atoms with Crippen LogP contribution in [-0.2, 0) is 10.0 Å². The van der Waals surface area contributed by atoms with E-state index in [4.69, 9.17) is 0 Å². The first-order valence-electron chi connectivity index (χ1n) is 7.58. The molecule has 0 aromatic heterocycles. The van der Waals surface area contributed by atoms with Crippen LogP contribution in [0.1, 0.15) is 37.2 Å². The summed E-state index contributed by atoms with van der Waals surface area (Å²) in [5.74, 6) is -0.297. The largest absolute Gasteiger partial charge is 0.277 e. The molecule has 1 saturated carbocycles. The van der Waals surface area contributed by atoms with Gasteiger partial charge >= 0.3 is 0 Å². The van der Waals surface area contributed by atoms with E-state index in [9.17, 15) is 12.8 Å². The van der Waals surface area contributed by atoms with Crippen molar-refractivity contribution < 1.29 is 12.8 Å². The predicted octanol–water partition coefficient (Wildman–Crippen LogP) is 4.57. The Balaban J connectivity index is 1.91. The van der Waals surface area contributed by atoms with E-state index in [1.807, 2.05) is 0 Å². The van der Waals surface area contributed by atoms with Crippen LogP contribution in [0.25, 0.3) is 0 Å². The third kappa shape index (κ3) is 3.38. The van der Waals surface area contributed by atoms with Crippen molar-refractivity contribution in [1.82, 2.24) is 0 Å². The van der Waals surface area contributed by atoms with Crippen LogP contribution in [0, 0.1) is 5.82 Å². The van der Waals surface area contributed by atoms with Crippen molar-refractivity contribution in [1.29, 1.82) is 0 Å². The van der Waals surface area contributed by atoms with E-state index in [1.165, 1.54) is 18.2 Å². The van der Waals surface area contributed by atoms with Crippen molar-refractivity contribution in [3.8, 4) is 0 Å². The smallest absolute Gasteiger partial charge is 0.261 e. The summed E-state index contributed by atoms with van der Waals surface area (Å²) in [4.78, 5) is 0.338. The van der Waals surface area contributed by atoms with Gasteiger partial charge in [-0.05, 0) is 42.5 Å². The molecule has 0 bridgehead atoms. The molecule has 0 radical (unpaired) electrons. The van der Waals surface area contributed by atoms with Gasteiger partial charge in [0.05, 0.1) is 10.6 Å². The van der Waals surface area contributed by atoms with Crippen LogP contribution in [0.2, 0.25) is 0 Å². The first-order valence-corrected chi connectivity index (χ1v) is 9.51. The molecular formula is C17H18FNO2S2. The molecule has 0 aliphatic heterocycles. The van der Waals surface area contributed by atoms with Crippen molar-refractivity contribution >= 4 is 28.3 Å². The third-order valence-electron chi connectivity index (χ3n) is 4.24. The highest BCUT2D eigenvalue weighted by atomic mass is 32.2. The van der Waals surface area contributed by atoms with Crippen molar-refractivity contribution in [2.75, 3.05) is 4.72 Å². The second-order valence-corrected chi connectivity index (χ2v) is 7.89. The highest BCUT2D eigenvalue weighted by Crippen LogP contribution is 2.39. The minimum absolute atomic E-state index is 0.0689. The van der Waals surface area contributed by atoms with Gasteiger partial charge in [-0.1, -0.05) is 37.1 Å². The van der Waals surface area contributed by atoms with Crippen LogP contribution in [0.5, 0.6) is 0 Å². The van der Waals surface area contributed by atoms with Gasteiger partial charge in [0.2, 0.25) is 0 Å². The highest BCUT2D eigenvalue weighted by Gasteiger charge is 2.23. The highest BCUT2D eigenvalue weighted by molar-refractivity contribution is 7.92. The van der Waals surface area contributed by atoms with Crippen LogP contribution in [0.3, 0.4) is 0 Å². The Morgan fingerprint density at radius 1 is 1.04 bits per heavy atom. The SMILES string of the molecule is O=S(=O)(Nc1ccc(C2CCCC2)c(S)c1F)c1ccccc1. The fourth-order valence-electron chi connectivity index (χ4n) is 3.03. The molecule has 2 aromatic carbocycles. The summed E-state index contributed by atoms with van der Waals surface area (Å²) in [6.45, 7) is 0. The van der Waals surface area contributed by atoms with Crippen LogP contribution in [0.4, 0.5) is 10.1 Å². The second-order valence-electron chi connectivity index (χ2n) is 5.76. The summed E-state index contributed by atoms with van der Waals surface area (Å²) in [6, 6.07) is 11.2. The minimum Gasteiger partial charge on any atom is -0.277 e. The van der Waals surface area contributed by atoms with E-state index in [1.54, 1.807) is 24.3 Å². The van der Waals surface area contributed by atoms with Gasteiger partial charge in [0.25, 0.3) is 10.0 Å². The number of hydrogen-bond donors (Lipinski definition) is 2. The molecule has 0 atom stereocenters.